The van der Waals surface area contributed by atoms with Gasteiger partial charge < -0.3 is 19.7 Å². The van der Waals surface area contributed by atoms with Crippen molar-refractivity contribution in [2.45, 2.75) is 39.1 Å². The third-order valence-electron chi connectivity index (χ3n) is 1.88. The number of aliphatic hydroxyl groups excluding tert-OH is 1. The van der Waals surface area contributed by atoms with Crippen molar-refractivity contribution in [1.82, 2.24) is 0 Å². The van der Waals surface area contributed by atoms with E-state index in [9.17, 15) is 9.90 Å². The maximum Gasteiger partial charge on any atom is 0.351 e. The fourth-order valence-corrected chi connectivity index (χ4v) is 0.923. The first-order chi connectivity index (χ1) is 7.45. The van der Waals surface area contributed by atoms with Crippen LogP contribution in [0.3, 0.4) is 0 Å². The highest BCUT2D eigenvalue weighted by molar-refractivity contribution is 5.87. The number of rotatable bonds is 8. The first-order valence-electron chi connectivity index (χ1n) is 5.31. The van der Waals surface area contributed by atoms with Crippen molar-refractivity contribution < 1.29 is 24.5 Å². The molecule has 0 heterocycles. The summed E-state index contributed by atoms with van der Waals surface area (Å²) in [6.45, 7) is 6.24. The molecule has 0 aromatic rings. The molecule has 0 aromatic carbocycles. The zero-order chi connectivity index (χ0) is 12.6. The second-order valence-corrected chi connectivity index (χ2v) is 3.60. The average molecular weight is 232 g/mol. The van der Waals surface area contributed by atoms with Crippen LogP contribution < -0.4 is 0 Å². The molecule has 2 N–H and O–H groups in total. The second kappa shape index (κ2) is 7.38. The third kappa shape index (κ3) is 5.85. The van der Waals surface area contributed by atoms with Crippen LogP contribution in [0.1, 0.15) is 33.1 Å². The van der Waals surface area contributed by atoms with E-state index in [1.807, 2.05) is 6.92 Å². The Balaban J connectivity index is 4.09. The molecular formula is C11H20O5. The molecule has 0 rings (SSSR count). The summed E-state index contributed by atoms with van der Waals surface area (Å²) in [5, 5.41) is 18.5. The van der Waals surface area contributed by atoms with Gasteiger partial charge in [0.15, 0.2) is 0 Å². The van der Waals surface area contributed by atoms with Crippen molar-refractivity contribution in [2.24, 2.45) is 0 Å². The van der Waals surface area contributed by atoms with Gasteiger partial charge in [0.2, 0.25) is 0 Å². The van der Waals surface area contributed by atoms with Gasteiger partial charge in [0, 0.05) is 5.57 Å². The lowest BCUT2D eigenvalue weighted by Gasteiger charge is -2.25. The molecule has 1 unspecified atom stereocenters. The third-order valence-corrected chi connectivity index (χ3v) is 1.88. The smallest absolute Gasteiger partial charge is 0.351 e. The second-order valence-electron chi connectivity index (χ2n) is 3.60. The molecule has 1 atom stereocenters. The maximum atomic E-state index is 11.1. The van der Waals surface area contributed by atoms with Crippen LogP contribution in [0.5, 0.6) is 0 Å². The molecule has 0 spiro atoms. The van der Waals surface area contributed by atoms with Crippen LogP contribution in [0.25, 0.3) is 0 Å². The summed E-state index contributed by atoms with van der Waals surface area (Å²) in [5.41, 5.74) is 0.129. The highest BCUT2D eigenvalue weighted by Crippen LogP contribution is 2.12. The molecule has 5 heteroatoms. The summed E-state index contributed by atoms with van der Waals surface area (Å²) in [7, 11) is 0. The highest BCUT2D eigenvalue weighted by Gasteiger charge is 2.32. The fourth-order valence-electron chi connectivity index (χ4n) is 0.923. The summed E-state index contributed by atoms with van der Waals surface area (Å²) in [6, 6.07) is 0. The first-order valence-corrected chi connectivity index (χ1v) is 5.31. The molecular weight excluding hydrogens is 212 g/mol. The van der Waals surface area contributed by atoms with Crippen LogP contribution in [-0.4, -0.2) is 35.4 Å². The van der Waals surface area contributed by atoms with E-state index < -0.39 is 18.5 Å². The molecule has 0 amide bonds. The minimum Gasteiger partial charge on any atom is -0.402 e. The number of aliphatic hydroxyl groups is 2. The Morgan fingerprint density at radius 2 is 2.06 bits per heavy atom. The molecule has 0 radical (unpaired) electrons. The predicted octanol–water partition coefficient (Wildman–Crippen LogP) is 0.951. The minimum atomic E-state index is -2.26. The lowest BCUT2D eigenvalue weighted by molar-refractivity contribution is -0.353. The molecule has 5 nitrogen and oxygen atoms in total. The summed E-state index contributed by atoms with van der Waals surface area (Å²) in [5.74, 6) is -3.06. The monoisotopic (exact) mass is 232 g/mol. The fraction of sp³-hybridized carbons (Fsp3) is 0.727. The van der Waals surface area contributed by atoms with E-state index in [1.165, 1.54) is 6.92 Å². The van der Waals surface area contributed by atoms with Crippen LogP contribution in [0.4, 0.5) is 0 Å². The highest BCUT2D eigenvalue weighted by atomic mass is 16.8. The Bertz CT molecular complexity index is 239. The largest absolute Gasteiger partial charge is 0.402 e. The summed E-state index contributed by atoms with van der Waals surface area (Å²) >= 11 is 0. The van der Waals surface area contributed by atoms with Crippen LogP contribution in [0, 0.1) is 0 Å². The molecule has 0 bridgehead atoms. The van der Waals surface area contributed by atoms with Crippen LogP contribution in [0.15, 0.2) is 12.2 Å². The van der Waals surface area contributed by atoms with Gasteiger partial charge in [-0.05, 0) is 13.3 Å². The molecule has 0 fully saturated rings. The number of hydrogen-bond donors (Lipinski definition) is 2. The van der Waals surface area contributed by atoms with Gasteiger partial charge in [-0.15, -0.1) is 0 Å². The van der Waals surface area contributed by atoms with Gasteiger partial charge in [0.25, 0.3) is 0 Å². The van der Waals surface area contributed by atoms with E-state index in [4.69, 9.17) is 9.84 Å². The molecule has 0 aliphatic heterocycles. The molecule has 0 aliphatic rings. The number of carbonyl (C=O) groups excluding carboxylic acids is 1. The normalized spacial score (nSPS) is 14.2. The average Bonchev–Trinajstić information content (AvgIpc) is 2.24. The van der Waals surface area contributed by atoms with E-state index in [0.29, 0.717) is 0 Å². The van der Waals surface area contributed by atoms with Gasteiger partial charge in [-0.1, -0.05) is 26.3 Å². The van der Waals surface area contributed by atoms with Crippen molar-refractivity contribution in [2.75, 3.05) is 13.2 Å². The van der Waals surface area contributed by atoms with E-state index in [-0.39, 0.29) is 12.2 Å². The molecule has 94 valence electrons. The van der Waals surface area contributed by atoms with Crippen molar-refractivity contribution >= 4 is 5.97 Å². The number of ether oxygens (including phenoxy) is 2. The minimum absolute atomic E-state index is 0.129. The van der Waals surface area contributed by atoms with Gasteiger partial charge in [0.1, 0.15) is 6.61 Å². The topological polar surface area (TPSA) is 76.0 Å². The van der Waals surface area contributed by atoms with Gasteiger partial charge >= 0.3 is 11.9 Å². The molecule has 0 saturated carbocycles. The molecule has 16 heavy (non-hydrogen) atoms. The molecule has 0 aliphatic carbocycles. The number of esters is 1. The lowest BCUT2D eigenvalue weighted by atomic mass is 10.3. The quantitative estimate of drug-likeness (QED) is 0.282. The van der Waals surface area contributed by atoms with Crippen LogP contribution in [-0.2, 0) is 14.3 Å². The lowest BCUT2D eigenvalue weighted by Crippen LogP contribution is -2.42. The Labute approximate surface area is 95.7 Å². The number of unbranched alkanes of at least 4 members (excludes halogenated alkanes) is 2. The molecule has 0 aromatic heterocycles. The van der Waals surface area contributed by atoms with Gasteiger partial charge in [-0.3, -0.25) is 0 Å². The van der Waals surface area contributed by atoms with Crippen molar-refractivity contribution in [3.8, 4) is 0 Å². The van der Waals surface area contributed by atoms with Crippen LogP contribution >= 0.6 is 0 Å². The predicted molar refractivity (Wildman–Crippen MR) is 58.4 cm³/mol. The number of carbonyl (C=O) groups is 1. The SMILES string of the molecule is C=C(C)C(=O)OC(O)(CO)OCCCCC. The van der Waals surface area contributed by atoms with Crippen molar-refractivity contribution in [1.29, 1.82) is 0 Å². The summed E-state index contributed by atoms with van der Waals surface area (Å²) in [6.07, 6.45) is 2.67. The van der Waals surface area contributed by atoms with Crippen LogP contribution in [0.2, 0.25) is 0 Å². The summed E-state index contributed by atoms with van der Waals surface area (Å²) in [4.78, 5) is 11.1. The Hall–Kier alpha value is -0.910. The van der Waals surface area contributed by atoms with Gasteiger partial charge in [-0.2, -0.15) is 0 Å². The zero-order valence-electron chi connectivity index (χ0n) is 9.86. The van der Waals surface area contributed by atoms with E-state index in [0.717, 1.165) is 19.3 Å². The maximum absolute atomic E-state index is 11.1. The van der Waals surface area contributed by atoms with Gasteiger partial charge in [0.05, 0.1) is 6.61 Å². The van der Waals surface area contributed by atoms with Gasteiger partial charge in [-0.25, -0.2) is 4.79 Å². The Kier molecular flexibility index (Phi) is 6.96. The Morgan fingerprint density at radius 3 is 2.50 bits per heavy atom. The van der Waals surface area contributed by atoms with Crippen molar-refractivity contribution in [3.63, 3.8) is 0 Å². The molecule has 0 saturated heterocycles. The zero-order valence-corrected chi connectivity index (χ0v) is 9.86. The first kappa shape index (κ1) is 15.1. The van der Waals surface area contributed by atoms with Crippen molar-refractivity contribution in [3.05, 3.63) is 12.2 Å². The Morgan fingerprint density at radius 1 is 1.44 bits per heavy atom. The van der Waals surface area contributed by atoms with E-state index >= 15 is 0 Å². The van der Waals surface area contributed by atoms with E-state index in [1.54, 1.807) is 0 Å². The standard InChI is InChI=1S/C11H20O5/c1-4-5-6-7-15-11(14,8-12)16-10(13)9(2)3/h12,14H,2,4-8H2,1,3H3. The summed E-state index contributed by atoms with van der Waals surface area (Å²) < 4.78 is 9.50. The van der Waals surface area contributed by atoms with E-state index in [2.05, 4.69) is 11.3 Å². The number of hydrogen-bond acceptors (Lipinski definition) is 5.